The molecule has 0 saturated carbocycles. The molecular formula is C29H42N4O5S2. The van der Waals surface area contributed by atoms with Crippen LogP contribution in [0.4, 0.5) is 9.93 Å². The average Bonchev–Trinajstić information content (AvgIpc) is 3.39. The van der Waals surface area contributed by atoms with E-state index < -0.39 is 15.4 Å². The molecule has 2 aliphatic heterocycles. The molecule has 0 aliphatic carbocycles. The Balaban J connectivity index is 1.32. The third-order valence-electron chi connectivity index (χ3n) is 7.41. The number of hydrogen-bond acceptors (Lipinski definition) is 8. The van der Waals surface area contributed by atoms with Gasteiger partial charge in [0.05, 0.1) is 28.8 Å². The zero-order valence-electron chi connectivity index (χ0n) is 24.4. The summed E-state index contributed by atoms with van der Waals surface area (Å²) >= 11 is 1.53. The molecule has 1 atom stereocenters. The molecule has 11 heteroatoms. The molecule has 0 bridgehead atoms. The highest BCUT2D eigenvalue weighted by Crippen LogP contribution is 2.43. The van der Waals surface area contributed by atoms with Gasteiger partial charge in [-0.3, -0.25) is 9.69 Å². The lowest BCUT2D eigenvalue weighted by Crippen LogP contribution is -2.43. The predicted molar refractivity (Wildman–Crippen MR) is 157 cm³/mol. The molecule has 1 unspecified atom stereocenters. The molecule has 0 spiro atoms. The Hall–Kier alpha value is -2.50. The maximum Gasteiger partial charge on any atom is 0.410 e. The fraction of sp³-hybridized carbons (Fsp3) is 0.621. The van der Waals surface area contributed by atoms with Crippen LogP contribution in [0.5, 0.6) is 0 Å². The number of rotatable bonds is 8. The van der Waals surface area contributed by atoms with Crippen molar-refractivity contribution in [3.05, 3.63) is 40.4 Å². The van der Waals surface area contributed by atoms with Crippen LogP contribution < -0.4 is 5.32 Å². The summed E-state index contributed by atoms with van der Waals surface area (Å²) in [6.07, 6.45) is 1.83. The van der Waals surface area contributed by atoms with Crippen molar-refractivity contribution in [2.24, 2.45) is 11.8 Å². The van der Waals surface area contributed by atoms with Gasteiger partial charge in [0.1, 0.15) is 5.60 Å². The summed E-state index contributed by atoms with van der Waals surface area (Å²) in [5.41, 5.74) is 1.32. The number of ether oxygens (including phenoxy) is 1. The molecule has 220 valence electrons. The van der Waals surface area contributed by atoms with E-state index in [-0.39, 0.29) is 35.1 Å². The molecule has 1 N–H and O–H groups in total. The molecule has 4 rings (SSSR count). The van der Waals surface area contributed by atoms with E-state index in [1.165, 1.54) is 16.2 Å². The third-order valence-corrected chi connectivity index (χ3v) is 10.1. The van der Waals surface area contributed by atoms with Crippen molar-refractivity contribution in [1.82, 2.24) is 14.8 Å². The number of nitrogens with one attached hydrogen (secondary N) is 1. The Bertz CT molecular complexity index is 1310. The number of thiazole rings is 1. The van der Waals surface area contributed by atoms with Crippen LogP contribution in [-0.4, -0.2) is 66.2 Å². The number of sulfone groups is 1. The van der Waals surface area contributed by atoms with Gasteiger partial charge in [-0.25, -0.2) is 18.2 Å². The number of nitrogens with zero attached hydrogens (tertiary/aromatic N) is 3. The number of anilines is 1. The second-order valence-electron chi connectivity index (χ2n) is 12.1. The van der Waals surface area contributed by atoms with Crippen LogP contribution in [0.1, 0.15) is 76.6 Å². The van der Waals surface area contributed by atoms with E-state index >= 15 is 0 Å². The maximum atomic E-state index is 12.7. The van der Waals surface area contributed by atoms with Gasteiger partial charge in [-0.15, -0.1) is 11.3 Å². The van der Waals surface area contributed by atoms with E-state index in [2.05, 4.69) is 24.1 Å². The summed E-state index contributed by atoms with van der Waals surface area (Å²) in [6, 6.07) is 6.68. The van der Waals surface area contributed by atoms with Crippen LogP contribution in [0.15, 0.2) is 29.2 Å². The molecule has 1 aromatic heterocycles. The monoisotopic (exact) mass is 590 g/mol. The summed E-state index contributed by atoms with van der Waals surface area (Å²) in [7, 11) is -3.26. The smallest absolute Gasteiger partial charge is 0.410 e. The van der Waals surface area contributed by atoms with Crippen LogP contribution in [0.2, 0.25) is 0 Å². The Morgan fingerprint density at radius 2 is 1.80 bits per heavy atom. The zero-order chi connectivity index (χ0) is 29.2. The Morgan fingerprint density at radius 1 is 1.15 bits per heavy atom. The highest BCUT2D eigenvalue weighted by atomic mass is 32.2. The van der Waals surface area contributed by atoms with E-state index in [1.54, 1.807) is 31.2 Å². The van der Waals surface area contributed by atoms with E-state index in [1.807, 2.05) is 25.7 Å². The average molecular weight is 591 g/mol. The summed E-state index contributed by atoms with van der Waals surface area (Å²) < 4.78 is 29.6. The lowest BCUT2D eigenvalue weighted by molar-refractivity contribution is -0.115. The van der Waals surface area contributed by atoms with Crippen LogP contribution in [-0.2, 0) is 32.3 Å². The van der Waals surface area contributed by atoms with E-state index in [0.29, 0.717) is 30.1 Å². The summed E-state index contributed by atoms with van der Waals surface area (Å²) in [5, 5.41) is 3.55. The van der Waals surface area contributed by atoms with Gasteiger partial charge in [-0.2, -0.15) is 0 Å². The number of aromatic nitrogens is 1. The minimum Gasteiger partial charge on any atom is -0.444 e. The van der Waals surface area contributed by atoms with Crippen LogP contribution in [0.25, 0.3) is 0 Å². The van der Waals surface area contributed by atoms with E-state index in [4.69, 9.17) is 9.72 Å². The van der Waals surface area contributed by atoms with Crippen molar-refractivity contribution in [2.75, 3.05) is 30.7 Å². The molecular weight excluding hydrogens is 548 g/mol. The van der Waals surface area contributed by atoms with Crippen LogP contribution in [0.3, 0.4) is 0 Å². The Kier molecular flexibility index (Phi) is 9.26. The quantitative estimate of drug-likeness (QED) is 0.446. The lowest BCUT2D eigenvalue weighted by atomic mass is 9.94. The molecule has 2 aliphatic rings. The van der Waals surface area contributed by atoms with Gasteiger partial charge >= 0.3 is 6.09 Å². The van der Waals surface area contributed by atoms with Crippen molar-refractivity contribution >= 4 is 38.3 Å². The van der Waals surface area contributed by atoms with Crippen LogP contribution in [0, 0.1) is 11.8 Å². The molecule has 2 amide bonds. The number of amides is 2. The second kappa shape index (κ2) is 12.2. The van der Waals surface area contributed by atoms with Gasteiger partial charge in [-0.05, 0) is 63.1 Å². The fourth-order valence-electron chi connectivity index (χ4n) is 5.42. The molecule has 3 heterocycles. The zero-order valence-corrected chi connectivity index (χ0v) is 26.0. The van der Waals surface area contributed by atoms with Gasteiger partial charge in [0.2, 0.25) is 5.91 Å². The number of fused-ring (bicyclic) bond motifs is 1. The lowest BCUT2D eigenvalue weighted by Gasteiger charge is -2.36. The van der Waals surface area contributed by atoms with E-state index in [9.17, 15) is 18.0 Å². The van der Waals surface area contributed by atoms with E-state index in [0.717, 1.165) is 37.2 Å². The number of likely N-dealkylation sites (tertiary alicyclic amines) is 1. The van der Waals surface area contributed by atoms with Crippen molar-refractivity contribution in [2.45, 2.75) is 83.9 Å². The number of piperidine rings is 1. The van der Waals surface area contributed by atoms with Gasteiger partial charge < -0.3 is 15.0 Å². The minimum absolute atomic E-state index is 0.0453. The molecule has 9 nitrogen and oxygen atoms in total. The van der Waals surface area contributed by atoms with Gasteiger partial charge in [-0.1, -0.05) is 32.9 Å². The summed E-state index contributed by atoms with van der Waals surface area (Å²) in [6.45, 7) is 14.9. The van der Waals surface area contributed by atoms with Gasteiger partial charge in [0, 0.05) is 31.1 Å². The van der Waals surface area contributed by atoms with Crippen molar-refractivity contribution < 1.29 is 22.7 Å². The highest BCUT2D eigenvalue weighted by Gasteiger charge is 2.38. The first-order valence-electron chi connectivity index (χ1n) is 14.1. The molecule has 0 radical (unpaired) electrons. The molecule has 40 heavy (non-hydrogen) atoms. The minimum atomic E-state index is -3.26. The SMILES string of the molecule is CCS(=O)(=O)c1ccc(CC(=O)Nc2nc3c(s2)CN(CC2CCN(C(=O)OC(C)(C)C)CC2)C3C(C)C)cc1. The first-order valence-corrected chi connectivity index (χ1v) is 16.6. The molecule has 1 fully saturated rings. The number of carbonyl (C=O) groups excluding carboxylic acids is 2. The van der Waals surface area contributed by atoms with Crippen molar-refractivity contribution in [3.63, 3.8) is 0 Å². The first kappa shape index (κ1) is 30.5. The fourth-order valence-corrected chi connectivity index (χ4v) is 7.35. The number of carbonyl (C=O) groups is 2. The Morgan fingerprint density at radius 3 is 2.38 bits per heavy atom. The standard InChI is InChI=1S/C29H42N4O5S2/c1-7-40(36,37)22-10-8-20(9-11-22)16-24(34)30-27-31-25-23(39-27)18-33(26(25)19(2)3)17-21-12-14-32(15-13-21)28(35)38-29(4,5)6/h8-11,19,21,26H,7,12-18H2,1-6H3,(H,30,31,34). The summed E-state index contributed by atoms with van der Waals surface area (Å²) in [4.78, 5) is 35.8. The first-order chi connectivity index (χ1) is 18.8. The maximum absolute atomic E-state index is 12.7. The largest absolute Gasteiger partial charge is 0.444 e. The summed E-state index contributed by atoms with van der Waals surface area (Å²) in [5.74, 6) is 0.746. The second-order valence-corrected chi connectivity index (χ2v) is 15.5. The molecule has 2 aromatic rings. The number of hydrogen-bond donors (Lipinski definition) is 1. The highest BCUT2D eigenvalue weighted by molar-refractivity contribution is 7.91. The van der Waals surface area contributed by atoms with Crippen LogP contribution >= 0.6 is 11.3 Å². The van der Waals surface area contributed by atoms with Gasteiger partial charge in [0.25, 0.3) is 0 Å². The molecule has 1 saturated heterocycles. The van der Waals surface area contributed by atoms with Gasteiger partial charge in [0.15, 0.2) is 15.0 Å². The topological polar surface area (TPSA) is 109 Å². The number of benzene rings is 1. The van der Waals surface area contributed by atoms with Crippen molar-refractivity contribution in [1.29, 1.82) is 0 Å². The third kappa shape index (κ3) is 7.41. The normalized spacial score (nSPS) is 18.7. The van der Waals surface area contributed by atoms with Crippen molar-refractivity contribution in [3.8, 4) is 0 Å². The predicted octanol–water partition coefficient (Wildman–Crippen LogP) is 5.28. The Labute approximate surface area is 242 Å². The molecule has 1 aromatic carbocycles.